The molecule has 0 saturated carbocycles. The van der Waals surface area contributed by atoms with E-state index in [1.807, 2.05) is 32.9 Å². The molecule has 0 radical (unpaired) electrons. The molecule has 1 aromatic rings. The summed E-state index contributed by atoms with van der Waals surface area (Å²) in [6.45, 7) is 10.2. The van der Waals surface area contributed by atoms with Gasteiger partial charge >= 0.3 is 0 Å². The quantitative estimate of drug-likeness (QED) is 0.881. The molecule has 1 aliphatic heterocycles. The Morgan fingerprint density at radius 1 is 1.20 bits per heavy atom. The fourth-order valence-electron chi connectivity index (χ4n) is 2.54. The van der Waals surface area contributed by atoms with E-state index in [1.54, 1.807) is 0 Å². The number of ether oxygens (including phenoxy) is 1. The average molecular weight is 278 g/mol. The first kappa shape index (κ1) is 15.3. The molecule has 112 valence electrons. The highest BCUT2D eigenvalue weighted by atomic mass is 16.5. The van der Waals surface area contributed by atoms with Crippen molar-refractivity contribution in [2.45, 2.75) is 32.4 Å². The van der Waals surface area contributed by atoms with E-state index in [1.165, 1.54) is 0 Å². The fraction of sp³-hybridized carbons (Fsp3) is 0.625. The van der Waals surface area contributed by atoms with Crippen molar-refractivity contribution in [1.29, 1.82) is 0 Å². The maximum atomic E-state index is 9.69. The second-order valence-corrected chi connectivity index (χ2v) is 6.27. The summed E-state index contributed by atoms with van der Waals surface area (Å²) in [5.41, 5.74) is 0.965. The van der Waals surface area contributed by atoms with Crippen molar-refractivity contribution in [3.8, 4) is 5.75 Å². The van der Waals surface area contributed by atoms with E-state index in [4.69, 9.17) is 4.74 Å². The van der Waals surface area contributed by atoms with Crippen LogP contribution in [0.4, 0.5) is 0 Å². The monoisotopic (exact) mass is 278 g/mol. The predicted octanol–water partition coefficient (Wildman–Crippen LogP) is 1.80. The SMILES string of the molecule is CC(C)(C)Oc1ccc([C@H](CO)N2CCNCC2)cc1. The first-order chi connectivity index (χ1) is 9.49. The lowest BCUT2D eigenvalue weighted by molar-refractivity contribution is 0.110. The summed E-state index contributed by atoms with van der Waals surface area (Å²) in [7, 11) is 0. The van der Waals surface area contributed by atoms with E-state index >= 15 is 0 Å². The first-order valence-electron chi connectivity index (χ1n) is 7.34. The number of hydrogen-bond acceptors (Lipinski definition) is 4. The van der Waals surface area contributed by atoms with Crippen LogP contribution < -0.4 is 10.1 Å². The van der Waals surface area contributed by atoms with Crippen LogP contribution in [0.3, 0.4) is 0 Å². The maximum Gasteiger partial charge on any atom is 0.120 e. The molecule has 2 rings (SSSR count). The highest BCUT2D eigenvalue weighted by Crippen LogP contribution is 2.24. The fourth-order valence-corrected chi connectivity index (χ4v) is 2.54. The van der Waals surface area contributed by atoms with Crippen LogP contribution in [-0.4, -0.2) is 48.4 Å². The number of aliphatic hydroxyl groups is 1. The largest absolute Gasteiger partial charge is 0.488 e. The van der Waals surface area contributed by atoms with Crippen LogP contribution >= 0.6 is 0 Å². The van der Waals surface area contributed by atoms with Crippen LogP contribution in [0.2, 0.25) is 0 Å². The number of rotatable bonds is 4. The highest BCUT2D eigenvalue weighted by Gasteiger charge is 2.21. The second kappa shape index (κ2) is 6.57. The minimum atomic E-state index is -0.184. The Morgan fingerprint density at radius 3 is 2.30 bits per heavy atom. The number of piperazine rings is 1. The van der Waals surface area contributed by atoms with Crippen LogP contribution in [0.25, 0.3) is 0 Å². The number of nitrogens with one attached hydrogen (secondary N) is 1. The average Bonchev–Trinajstić information content (AvgIpc) is 2.41. The van der Waals surface area contributed by atoms with Crippen molar-refractivity contribution < 1.29 is 9.84 Å². The third kappa shape index (κ3) is 4.20. The van der Waals surface area contributed by atoms with E-state index in [2.05, 4.69) is 22.3 Å². The molecule has 0 aliphatic carbocycles. The summed E-state index contributed by atoms with van der Waals surface area (Å²) < 4.78 is 5.83. The Labute approximate surface area is 121 Å². The molecule has 4 heteroatoms. The molecule has 0 unspecified atom stereocenters. The van der Waals surface area contributed by atoms with Crippen LogP contribution in [0.1, 0.15) is 32.4 Å². The zero-order chi connectivity index (χ0) is 14.6. The first-order valence-corrected chi connectivity index (χ1v) is 7.34. The zero-order valence-corrected chi connectivity index (χ0v) is 12.7. The summed E-state index contributed by atoms with van der Waals surface area (Å²) in [6, 6.07) is 8.19. The smallest absolute Gasteiger partial charge is 0.120 e. The van der Waals surface area contributed by atoms with Crippen LogP contribution in [-0.2, 0) is 0 Å². The molecule has 1 fully saturated rings. The van der Waals surface area contributed by atoms with Crippen molar-refractivity contribution in [2.24, 2.45) is 0 Å². The Morgan fingerprint density at radius 2 is 1.80 bits per heavy atom. The second-order valence-electron chi connectivity index (χ2n) is 6.27. The molecule has 0 bridgehead atoms. The number of hydrogen-bond donors (Lipinski definition) is 2. The van der Waals surface area contributed by atoms with Gasteiger partial charge in [0.15, 0.2) is 0 Å². The minimum absolute atomic E-state index is 0.0841. The van der Waals surface area contributed by atoms with Crippen LogP contribution in [0, 0.1) is 0 Å². The van der Waals surface area contributed by atoms with Crippen molar-refractivity contribution in [3.63, 3.8) is 0 Å². The standard InChI is InChI=1S/C16H26N2O2/c1-16(2,3)20-14-6-4-13(5-7-14)15(12-19)18-10-8-17-9-11-18/h4-7,15,17,19H,8-12H2,1-3H3/t15-/m0/s1. The molecule has 4 nitrogen and oxygen atoms in total. The third-order valence-electron chi connectivity index (χ3n) is 3.45. The predicted molar refractivity (Wildman–Crippen MR) is 81.1 cm³/mol. The van der Waals surface area contributed by atoms with Gasteiger partial charge in [-0.3, -0.25) is 4.90 Å². The summed E-state index contributed by atoms with van der Waals surface area (Å²) in [6.07, 6.45) is 0. The van der Waals surface area contributed by atoms with Gasteiger partial charge in [-0.05, 0) is 38.5 Å². The van der Waals surface area contributed by atoms with Gasteiger partial charge in [0.2, 0.25) is 0 Å². The van der Waals surface area contributed by atoms with Crippen molar-refractivity contribution in [2.75, 3.05) is 32.8 Å². The summed E-state index contributed by atoms with van der Waals surface area (Å²) >= 11 is 0. The lowest BCUT2D eigenvalue weighted by Gasteiger charge is -2.34. The van der Waals surface area contributed by atoms with Crippen LogP contribution in [0.5, 0.6) is 5.75 Å². The zero-order valence-electron chi connectivity index (χ0n) is 12.7. The minimum Gasteiger partial charge on any atom is -0.488 e. The van der Waals surface area contributed by atoms with E-state index in [0.717, 1.165) is 37.5 Å². The number of nitrogens with zero attached hydrogens (tertiary/aromatic N) is 1. The molecule has 0 spiro atoms. The van der Waals surface area contributed by atoms with Gasteiger partial charge in [-0.1, -0.05) is 12.1 Å². The normalized spacial score (nSPS) is 18.8. The lowest BCUT2D eigenvalue weighted by Crippen LogP contribution is -2.46. The molecule has 1 atom stereocenters. The number of benzene rings is 1. The molecule has 20 heavy (non-hydrogen) atoms. The maximum absolute atomic E-state index is 9.69. The Hall–Kier alpha value is -1.10. The van der Waals surface area contributed by atoms with Crippen LogP contribution in [0.15, 0.2) is 24.3 Å². The third-order valence-corrected chi connectivity index (χ3v) is 3.45. The van der Waals surface area contributed by atoms with Crippen molar-refractivity contribution in [1.82, 2.24) is 10.2 Å². The van der Waals surface area contributed by atoms with Gasteiger partial charge in [0.1, 0.15) is 11.4 Å². The summed E-state index contributed by atoms with van der Waals surface area (Å²) in [5.74, 6) is 0.873. The topological polar surface area (TPSA) is 44.7 Å². The van der Waals surface area contributed by atoms with Gasteiger partial charge in [0.05, 0.1) is 12.6 Å². The molecule has 1 saturated heterocycles. The van der Waals surface area contributed by atoms with Gasteiger partial charge in [-0.2, -0.15) is 0 Å². The van der Waals surface area contributed by atoms with E-state index in [9.17, 15) is 5.11 Å². The van der Waals surface area contributed by atoms with Gasteiger partial charge in [0.25, 0.3) is 0 Å². The Bertz CT molecular complexity index is 405. The van der Waals surface area contributed by atoms with Crippen molar-refractivity contribution in [3.05, 3.63) is 29.8 Å². The van der Waals surface area contributed by atoms with E-state index < -0.39 is 0 Å². The molecule has 1 aliphatic rings. The number of aliphatic hydroxyl groups excluding tert-OH is 1. The molecule has 1 aromatic carbocycles. The molecule has 2 N–H and O–H groups in total. The summed E-state index contributed by atoms with van der Waals surface area (Å²) in [5, 5.41) is 13.0. The Kier molecular flexibility index (Phi) is 5.02. The van der Waals surface area contributed by atoms with Gasteiger partial charge in [0, 0.05) is 26.2 Å². The molecule has 0 aromatic heterocycles. The van der Waals surface area contributed by atoms with Gasteiger partial charge in [-0.15, -0.1) is 0 Å². The highest BCUT2D eigenvalue weighted by molar-refractivity contribution is 5.29. The molecular formula is C16H26N2O2. The van der Waals surface area contributed by atoms with Crippen molar-refractivity contribution >= 4 is 0 Å². The lowest BCUT2D eigenvalue weighted by atomic mass is 10.0. The Balaban J connectivity index is 2.06. The molecular weight excluding hydrogens is 252 g/mol. The van der Waals surface area contributed by atoms with E-state index in [-0.39, 0.29) is 18.2 Å². The molecule has 0 amide bonds. The van der Waals surface area contributed by atoms with E-state index in [0.29, 0.717) is 0 Å². The van der Waals surface area contributed by atoms with Gasteiger partial charge in [-0.25, -0.2) is 0 Å². The summed E-state index contributed by atoms with van der Waals surface area (Å²) in [4.78, 5) is 2.33. The molecule has 1 heterocycles. The van der Waals surface area contributed by atoms with Gasteiger partial charge < -0.3 is 15.2 Å².